The summed E-state index contributed by atoms with van der Waals surface area (Å²) < 4.78 is 3.79. The van der Waals surface area contributed by atoms with Crippen molar-refractivity contribution >= 4 is 34.2 Å². The van der Waals surface area contributed by atoms with Crippen LogP contribution in [0.15, 0.2) is 42.9 Å². The average Bonchev–Trinajstić information content (AvgIpc) is 3.41. The number of pyridine rings is 1. The second-order valence-electron chi connectivity index (χ2n) is 7.94. The molecule has 1 aliphatic rings. The first kappa shape index (κ1) is 19.8. The zero-order chi connectivity index (χ0) is 21.5. The van der Waals surface area contributed by atoms with E-state index in [9.17, 15) is 4.79 Å². The molecule has 1 N–H and O–H groups in total. The number of hydrogen-bond donors (Lipinski definition) is 1. The zero-order valence-electron chi connectivity index (χ0n) is 17.5. The number of benzene rings is 1. The third-order valence-corrected chi connectivity index (χ3v) is 5.90. The summed E-state index contributed by atoms with van der Waals surface area (Å²) in [5, 5.41) is 8.76. The maximum absolute atomic E-state index is 13.2. The van der Waals surface area contributed by atoms with E-state index in [0.29, 0.717) is 22.2 Å². The molecular formula is C23H23ClN6O. The van der Waals surface area contributed by atoms with Crippen molar-refractivity contribution in [1.82, 2.24) is 24.3 Å². The van der Waals surface area contributed by atoms with Gasteiger partial charge in [-0.05, 0) is 50.5 Å². The number of rotatable bonds is 6. The highest BCUT2D eigenvalue weighted by Crippen LogP contribution is 2.40. The number of carbonyl (C=O) groups excluding carboxylic acids is 1. The van der Waals surface area contributed by atoms with Gasteiger partial charge in [0.05, 0.1) is 27.9 Å². The van der Waals surface area contributed by atoms with E-state index in [1.807, 2.05) is 40.6 Å². The molecule has 3 heterocycles. The van der Waals surface area contributed by atoms with Crippen LogP contribution in [0.1, 0.15) is 54.0 Å². The number of anilines is 1. The molecule has 1 fully saturated rings. The lowest BCUT2D eigenvalue weighted by molar-refractivity contribution is 0.102. The van der Waals surface area contributed by atoms with Crippen LogP contribution in [0, 0.1) is 6.92 Å². The first-order valence-electron chi connectivity index (χ1n) is 10.5. The normalized spacial score (nSPS) is 13.6. The summed E-state index contributed by atoms with van der Waals surface area (Å²) in [5.41, 5.74) is 3.80. The van der Waals surface area contributed by atoms with Crippen molar-refractivity contribution in [3.05, 3.63) is 65.0 Å². The highest BCUT2D eigenvalue weighted by atomic mass is 35.5. The molecule has 1 aromatic carbocycles. The number of amides is 1. The summed E-state index contributed by atoms with van der Waals surface area (Å²) in [7, 11) is 0. The molecule has 7 nitrogen and oxygen atoms in total. The van der Waals surface area contributed by atoms with Crippen molar-refractivity contribution < 1.29 is 4.79 Å². The molecule has 1 aliphatic carbocycles. The van der Waals surface area contributed by atoms with Gasteiger partial charge in [-0.15, -0.1) is 0 Å². The lowest BCUT2D eigenvalue weighted by Crippen LogP contribution is -2.14. The molecule has 158 valence electrons. The molecule has 0 radical (unpaired) electrons. The Morgan fingerprint density at radius 3 is 2.81 bits per heavy atom. The molecule has 1 saturated carbocycles. The molecule has 5 rings (SSSR count). The van der Waals surface area contributed by atoms with Gasteiger partial charge in [0.25, 0.3) is 5.91 Å². The highest BCUT2D eigenvalue weighted by Gasteiger charge is 2.28. The average molecular weight is 435 g/mol. The number of aryl methyl sites for hydroxylation is 2. The summed E-state index contributed by atoms with van der Waals surface area (Å²) in [6.45, 7) is 4.79. The van der Waals surface area contributed by atoms with Crippen LogP contribution in [-0.4, -0.2) is 30.2 Å². The minimum absolute atomic E-state index is 0.187. The SMILES string of the molecule is CCCn1ncc2c(C(=O)Nc3ccc(-n4ccnc4C)c(Cl)c3)cc(C3CC3)nc21. The lowest BCUT2D eigenvalue weighted by atomic mass is 10.1. The molecule has 0 aliphatic heterocycles. The first-order chi connectivity index (χ1) is 15.0. The molecule has 1 amide bonds. The van der Waals surface area contributed by atoms with Crippen molar-refractivity contribution in [2.24, 2.45) is 0 Å². The fourth-order valence-electron chi connectivity index (χ4n) is 3.83. The summed E-state index contributed by atoms with van der Waals surface area (Å²) in [5.74, 6) is 1.09. The largest absolute Gasteiger partial charge is 0.322 e. The Hall–Kier alpha value is -3.19. The fraction of sp³-hybridized carbons (Fsp3) is 0.304. The maximum Gasteiger partial charge on any atom is 0.256 e. The molecule has 3 aromatic heterocycles. The van der Waals surface area contributed by atoms with E-state index in [1.165, 1.54) is 0 Å². The van der Waals surface area contributed by atoms with Gasteiger partial charge >= 0.3 is 0 Å². The van der Waals surface area contributed by atoms with Crippen LogP contribution in [0.5, 0.6) is 0 Å². The third-order valence-electron chi connectivity index (χ3n) is 5.60. The number of aromatic nitrogens is 5. The number of nitrogens with zero attached hydrogens (tertiary/aromatic N) is 5. The minimum Gasteiger partial charge on any atom is -0.322 e. The molecule has 31 heavy (non-hydrogen) atoms. The van der Waals surface area contributed by atoms with Crippen LogP contribution in [0.25, 0.3) is 16.7 Å². The lowest BCUT2D eigenvalue weighted by Gasteiger charge is -2.12. The van der Waals surface area contributed by atoms with Crippen molar-refractivity contribution in [3.8, 4) is 5.69 Å². The van der Waals surface area contributed by atoms with Crippen LogP contribution in [0.2, 0.25) is 5.02 Å². The molecule has 0 atom stereocenters. The maximum atomic E-state index is 13.2. The first-order valence-corrected chi connectivity index (χ1v) is 10.9. The Morgan fingerprint density at radius 1 is 1.29 bits per heavy atom. The van der Waals surface area contributed by atoms with Crippen LogP contribution >= 0.6 is 11.6 Å². The van der Waals surface area contributed by atoms with E-state index in [1.54, 1.807) is 18.5 Å². The van der Waals surface area contributed by atoms with E-state index >= 15 is 0 Å². The van der Waals surface area contributed by atoms with Gasteiger partial charge in [0.2, 0.25) is 0 Å². The predicted molar refractivity (Wildman–Crippen MR) is 121 cm³/mol. The van der Waals surface area contributed by atoms with E-state index < -0.39 is 0 Å². The van der Waals surface area contributed by atoms with Crippen LogP contribution < -0.4 is 5.32 Å². The second-order valence-corrected chi connectivity index (χ2v) is 8.35. The summed E-state index contributed by atoms with van der Waals surface area (Å²) >= 11 is 6.51. The van der Waals surface area contributed by atoms with Crippen molar-refractivity contribution in [2.45, 2.75) is 45.6 Å². The van der Waals surface area contributed by atoms with E-state index in [-0.39, 0.29) is 5.91 Å². The number of hydrogen-bond acceptors (Lipinski definition) is 4. The Morgan fingerprint density at radius 2 is 2.13 bits per heavy atom. The molecule has 8 heteroatoms. The molecule has 0 bridgehead atoms. The highest BCUT2D eigenvalue weighted by molar-refractivity contribution is 6.32. The van der Waals surface area contributed by atoms with Gasteiger partial charge in [-0.25, -0.2) is 14.6 Å². The van der Waals surface area contributed by atoms with E-state index in [4.69, 9.17) is 16.6 Å². The summed E-state index contributed by atoms with van der Waals surface area (Å²) in [6.07, 6.45) is 8.51. The quantitative estimate of drug-likeness (QED) is 0.457. The Kier molecular flexibility index (Phi) is 4.98. The monoisotopic (exact) mass is 434 g/mol. The smallest absolute Gasteiger partial charge is 0.256 e. The standard InChI is InChI=1S/C23H23ClN6O/c1-3-9-30-22-18(13-26-30)17(12-20(28-22)15-4-5-15)23(31)27-16-6-7-21(19(24)11-16)29-10-8-25-14(29)2/h6-8,10-13,15H,3-5,9H2,1-2H3,(H,27,31). The number of nitrogens with one attached hydrogen (secondary N) is 1. The number of halogens is 1. The number of fused-ring (bicyclic) bond motifs is 1. The zero-order valence-corrected chi connectivity index (χ0v) is 18.2. The molecule has 0 spiro atoms. The molecule has 4 aromatic rings. The predicted octanol–water partition coefficient (Wildman–Crippen LogP) is 5.12. The minimum atomic E-state index is -0.187. The molecule has 0 saturated heterocycles. The summed E-state index contributed by atoms with van der Waals surface area (Å²) in [6, 6.07) is 7.40. The van der Waals surface area contributed by atoms with Gasteiger partial charge in [-0.3, -0.25) is 4.79 Å². The Labute approximate surface area is 185 Å². The van der Waals surface area contributed by atoms with Crippen LogP contribution in [0.4, 0.5) is 5.69 Å². The van der Waals surface area contributed by atoms with Crippen molar-refractivity contribution in [1.29, 1.82) is 0 Å². The Bertz CT molecular complexity index is 1290. The summed E-state index contributed by atoms with van der Waals surface area (Å²) in [4.78, 5) is 22.3. The van der Waals surface area contributed by atoms with Gasteiger partial charge in [0.1, 0.15) is 5.82 Å². The van der Waals surface area contributed by atoms with Gasteiger partial charge in [0.15, 0.2) is 5.65 Å². The van der Waals surface area contributed by atoms with Gasteiger partial charge in [0, 0.05) is 36.2 Å². The number of carbonyl (C=O) groups is 1. The van der Waals surface area contributed by atoms with E-state index in [0.717, 1.165) is 54.0 Å². The van der Waals surface area contributed by atoms with Gasteiger partial charge in [-0.1, -0.05) is 18.5 Å². The van der Waals surface area contributed by atoms with Gasteiger partial charge < -0.3 is 9.88 Å². The third kappa shape index (κ3) is 3.70. The molecule has 0 unspecified atom stereocenters. The van der Waals surface area contributed by atoms with Crippen LogP contribution in [-0.2, 0) is 6.54 Å². The fourth-order valence-corrected chi connectivity index (χ4v) is 4.10. The van der Waals surface area contributed by atoms with Crippen LogP contribution in [0.3, 0.4) is 0 Å². The van der Waals surface area contributed by atoms with Gasteiger partial charge in [-0.2, -0.15) is 5.10 Å². The molecular weight excluding hydrogens is 412 g/mol. The van der Waals surface area contributed by atoms with Crippen molar-refractivity contribution in [3.63, 3.8) is 0 Å². The second kappa shape index (κ2) is 7.81. The topological polar surface area (TPSA) is 77.6 Å². The Balaban J connectivity index is 1.48. The number of imidazole rings is 1. The van der Waals surface area contributed by atoms with Crippen molar-refractivity contribution in [2.75, 3.05) is 5.32 Å². The van der Waals surface area contributed by atoms with E-state index in [2.05, 4.69) is 22.3 Å².